The molecule has 0 aromatic heterocycles. The van der Waals surface area contributed by atoms with Crippen LogP contribution >= 0.6 is 0 Å². The van der Waals surface area contributed by atoms with Crippen LogP contribution < -0.4 is 16.0 Å². The number of aliphatic carboxylic acids is 2. The molecule has 6 rings (SSSR count). The van der Waals surface area contributed by atoms with Gasteiger partial charge in [0.1, 0.15) is 128 Å². The molecule has 0 radical (unpaired) electrons. The second-order valence-corrected chi connectivity index (χ2v) is 37.4. The summed E-state index contributed by atoms with van der Waals surface area (Å²) in [5, 5.41) is 246. The van der Waals surface area contributed by atoms with Crippen molar-refractivity contribution in [3.63, 3.8) is 0 Å². The quantitative estimate of drug-likeness (QED) is 0.0288. The van der Waals surface area contributed by atoms with Crippen LogP contribution in [0.2, 0.25) is 0 Å². The Morgan fingerprint density at radius 1 is 0.407 bits per heavy atom. The Labute approximate surface area is 791 Å². The van der Waals surface area contributed by atoms with Crippen LogP contribution in [0.25, 0.3) is 0 Å². The van der Waals surface area contributed by atoms with Crippen LogP contribution in [0, 0.1) is 5.92 Å². The van der Waals surface area contributed by atoms with Crippen LogP contribution in [0.1, 0.15) is 285 Å². The predicted octanol–water partition coefficient (Wildman–Crippen LogP) is 0.343. The first kappa shape index (κ1) is 119. The van der Waals surface area contributed by atoms with Gasteiger partial charge in [0.2, 0.25) is 17.7 Å². The number of aliphatic hydroxyl groups is 19. The highest BCUT2D eigenvalue weighted by Crippen LogP contribution is 2.45. The Balaban J connectivity index is 1.24. The molecule has 6 aliphatic heterocycles. The lowest BCUT2D eigenvalue weighted by atomic mass is 9.86. The number of carbonyl (C=O) groups excluding carboxylic acids is 4. The van der Waals surface area contributed by atoms with Gasteiger partial charge in [-0.2, -0.15) is 0 Å². The third kappa shape index (κ3) is 37.0. The Kier molecular flexibility index (Phi) is 55.5. The number of allylic oxidation sites excluding steroid dienone is 1. The number of unbranched alkanes of at least 4 members (excludes halogenated alkanes) is 33. The molecule has 6 heterocycles. The van der Waals surface area contributed by atoms with Crippen molar-refractivity contribution in [3.8, 4) is 0 Å². The van der Waals surface area contributed by atoms with Crippen molar-refractivity contribution >= 4 is 35.4 Å². The molecule has 135 heavy (non-hydrogen) atoms. The fraction of sp³-hybridized carbons (Fsp3) is 0.914. The largest absolute Gasteiger partial charge is 0.477 e. The summed E-state index contributed by atoms with van der Waals surface area (Å²) < 4.78 is 72.9. The first-order chi connectivity index (χ1) is 64.6. The molecular formula is C93H165N3O39. The average molecular weight is 1950 g/mol. The van der Waals surface area contributed by atoms with Crippen LogP contribution in [-0.4, -0.2) is 390 Å². The zero-order valence-electron chi connectivity index (χ0n) is 79.4. The number of aliphatic hydroxyl groups excluding tert-OH is 19. The van der Waals surface area contributed by atoms with Gasteiger partial charge >= 0.3 is 11.9 Å². The first-order valence-corrected chi connectivity index (χ1v) is 49.4. The number of carboxylic acid groups (broad SMARTS) is 2. The predicted molar refractivity (Wildman–Crippen MR) is 478 cm³/mol. The van der Waals surface area contributed by atoms with E-state index in [4.69, 9.17) is 56.8 Å². The number of carbonyl (C=O) groups is 6. The van der Waals surface area contributed by atoms with E-state index in [0.29, 0.717) is 12.8 Å². The van der Waals surface area contributed by atoms with Gasteiger partial charge in [0.15, 0.2) is 25.2 Å². The van der Waals surface area contributed by atoms with Crippen LogP contribution in [0.4, 0.5) is 0 Å². The van der Waals surface area contributed by atoms with Crippen molar-refractivity contribution < 1.29 is 193 Å². The number of hydrogen-bond donors (Lipinski definition) is 24. The van der Waals surface area contributed by atoms with E-state index in [9.17, 15) is 136 Å². The monoisotopic (exact) mass is 1950 g/mol. The number of carboxylic acids is 2. The van der Waals surface area contributed by atoms with E-state index in [0.717, 1.165) is 85.0 Å². The summed E-state index contributed by atoms with van der Waals surface area (Å²) in [5.74, 6) is -16.1. The van der Waals surface area contributed by atoms with Gasteiger partial charge in [-0.3, -0.25) is 14.4 Å². The van der Waals surface area contributed by atoms with Gasteiger partial charge in [0.25, 0.3) is 11.6 Å². The summed E-state index contributed by atoms with van der Waals surface area (Å²) in [7, 11) is 0. The molecule has 0 spiro atoms. The Morgan fingerprint density at radius 3 is 1.16 bits per heavy atom. The number of rotatable bonds is 68. The lowest BCUT2D eigenvalue weighted by molar-refractivity contribution is -0.408. The second kappa shape index (κ2) is 62.8. The zero-order valence-corrected chi connectivity index (χ0v) is 79.4. The smallest absolute Gasteiger partial charge is 0.364 e. The first-order valence-electron chi connectivity index (χ1n) is 49.4. The summed E-state index contributed by atoms with van der Waals surface area (Å²) in [6, 6.07) is -4.77. The lowest BCUT2D eigenvalue weighted by Gasteiger charge is -2.53. The maximum Gasteiger partial charge on any atom is 0.364 e. The normalized spacial score (nSPS) is 33.8. The van der Waals surface area contributed by atoms with Crippen molar-refractivity contribution in [1.29, 1.82) is 0 Å². The molecule has 0 aromatic rings. The van der Waals surface area contributed by atoms with E-state index < -0.39 is 308 Å². The van der Waals surface area contributed by atoms with Crippen molar-refractivity contribution in [1.82, 2.24) is 16.0 Å². The van der Waals surface area contributed by atoms with Gasteiger partial charge in [-0.25, -0.2) is 9.59 Å². The molecule has 24 N–H and O–H groups in total. The van der Waals surface area contributed by atoms with Crippen molar-refractivity contribution in [2.45, 2.75) is 486 Å². The maximum absolute atomic E-state index is 14.1. The number of nitrogens with one attached hydrogen (secondary N) is 3. The summed E-state index contributed by atoms with van der Waals surface area (Å²) in [5.41, 5.74) is 0. The number of ether oxygens (including phenoxy) is 12. The Bertz CT molecular complexity index is 3350. The summed E-state index contributed by atoms with van der Waals surface area (Å²) >= 11 is 0. The van der Waals surface area contributed by atoms with Crippen molar-refractivity contribution in [2.24, 2.45) is 5.92 Å². The van der Waals surface area contributed by atoms with Crippen LogP contribution in [-0.2, 0) is 85.6 Å². The van der Waals surface area contributed by atoms with Crippen LogP contribution in [0.3, 0.4) is 0 Å². The third-order valence-corrected chi connectivity index (χ3v) is 26.4. The molecule has 42 nitrogen and oxygen atoms in total. The molecule has 0 aromatic carbocycles. The number of hydrogen-bond acceptors (Lipinski definition) is 37. The molecule has 6 fully saturated rings. The molecule has 0 bridgehead atoms. The Hall–Kier alpha value is -4.48. The van der Waals surface area contributed by atoms with E-state index in [1.165, 1.54) is 154 Å². The van der Waals surface area contributed by atoms with Gasteiger partial charge < -0.3 is 185 Å². The molecular weight excluding hydrogens is 1780 g/mol. The Morgan fingerprint density at radius 2 is 0.763 bits per heavy atom. The van der Waals surface area contributed by atoms with E-state index in [1.54, 1.807) is 6.08 Å². The van der Waals surface area contributed by atoms with Crippen LogP contribution in [0.15, 0.2) is 12.2 Å². The molecule has 786 valence electrons. The van der Waals surface area contributed by atoms with Crippen molar-refractivity contribution in [3.05, 3.63) is 12.2 Å². The summed E-state index contributed by atoms with van der Waals surface area (Å²) in [4.78, 5) is 79.9. The minimum Gasteiger partial charge on any atom is -0.477 e. The van der Waals surface area contributed by atoms with Gasteiger partial charge in [-0.1, -0.05) is 231 Å². The standard InChI is InChI=1S/C93H165N3O39/c1-6-8-10-12-14-16-18-20-21-22-23-24-25-26-27-28-29-31-33-35-37-39-41-43-68(111)96-58(59(106)42-40-38-36-34-32-30-19-17-15-13-11-9-7-2)53-124-87-76(117)75(116)80(66(51-101)127-87)130-89-78(119)85(135-93(91(122)123)46-61(108)70(95-56(5)105)83(133-93)72(113)63(110)48-98)81(67(52-102)128-89)131-86-57(44-54(3)103)79(73(114)64(49-99)125-86)129-88-77(118)84(74(115)65(50-100)126-88)134-92(90(120)121)45-60(107)69(94-55(4)104)82(132-92)71(112)62(109)47-97/h40,42,57-67,69-89,97-102,106-110,112-119H,6-39,41,43-53H2,1-5H3,(H,94,104)(H,95,105)(H,96,111)(H,120,121)(H,122,123)/b42-40+/t57-,58+,59-,60+,61+,62-,63-,64-,65-,66-,67-,69-,70-,71-,72-,73+,74+,75-,76-,77-,78-,79-,80-,81+,82?,83?,84+,85-,86+,87-,88+,89+,92+,93+/m1/s1. The number of ketones is 1. The van der Waals surface area contributed by atoms with Gasteiger partial charge in [0, 0.05) is 45.4 Å². The topological polar surface area (TPSA) is 674 Å². The molecule has 3 amide bonds. The fourth-order valence-electron chi connectivity index (χ4n) is 18.6. The molecule has 42 heteroatoms. The molecule has 0 saturated carbocycles. The highest BCUT2D eigenvalue weighted by Gasteiger charge is 2.64. The fourth-order valence-corrected chi connectivity index (χ4v) is 18.6. The average Bonchev–Trinajstić information content (AvgIpc) is 0.746. The zero-order chi connectivity index (χ0) is 99.5. The lowest BCUT2D eigenvalue weighted by Crippen LogP contribution is -2.71. The van der Waals surface area contributed by atoms with E-state index in [2.05, 4.69) is 29.8 Å². The number of amides is 3. The summed E-state index contributed by atoms with van der Waals surface area (Å²) in [6.07, 6.45) is -21.3. The van der Waals surface area contributed by atoms with Gasteiger partial charge in [-0.05, 0) is 26.2 Å². The van der Waals surface area contributed by atoms with E-state index >= 15 is 0 Å². The SMILES string of the molecule is CCCCCCCCCCCCC/C=C/[C@@H](O)[C@H](CO[C@@H]1O[C@H](CO)[C@@H](O[C@@H]2O[C@H](CO)[C@H](O[C@@H]3O[C@H](CO)[C@H](O)[C@H](O[C@@H]4O[C@H](CO)[C@H](O)[C@H](O[C@]5(C(=O)O)C[C@H](O)[C@@H](NC(C)=O)C([C@H](O)[C@H](O)CO)O5)[C@H]4O)[C@H]3CC(C)=O)[C@H](O[C@]3(C(=O)O)C[C@H](O)[C@@H](NC(C)=O)C([C@H](O)[C@H](O)CO)O3)[C@H]2O)[C@H](O)[C@H]1O)NC(=O)CCCCCCCCCCCCCCCCCCCCCCCCC. The second-order valence-electron chi connectivity index (χ2n) is 37.4. The van der Waals surface area contributed by atoms with Gasteiger partial charge in [-0.15, -0.1) is 0 Å². The van der Waals surface area contributed by atoms with Crippen molar-refractivity contribution in [2.75, 3.05) is 46.2 Å². The minimum atomic E-state index is -3.49. The van der Waals surface area contributed by atoms with Gasteiger partial charge in [0.05, 0.1) is 88.8 Å². The molecule has 6 aliphatic rings. The minimum absolute atomic E-state index is 0.0989. The molecule has 2 unspecified atom stereocenters. The van der Waals surface area contributed by atoms with E-state index in [-0.39, 0.29) is 6.42 Å². The highest BCUT2D eigenvalue weighted by atomic mass is 16.8. The van der Waals surface area contributed by atoms with E-state index in [1.807, 2.05) is 0 Å². The highest BCUT2D eigenvalue weighted by molar-refractivity contribution is 5.78. The molecule has 34 atom stereocenters. The maximum atomic E-state index is 14.1. The third-order valence-electron chi connectivity index (χ3n) is 26.4. The molecule has 0 aliphatic carbocycles. The van der Waals surface area contributed by atoms with Crippen LogP contribution in [0.5, 0.6) is 0 Å². The number of Topliss-reactive ketones (excluding diaryl/α,β-unsaturated/α-hetero) is 1. The molecule has 6 saturated heterocycles. The summed E-state index contributed by atoms with van der Waals surface area (Å²) in [6.45, 7) is -0.578.